The van der Waals surface area contributed by atoms with Crippen molar-refractivity contribution in [3.63, 3.8) is 0 Å². The zero-order valence-corrected chi connectivity index (χ0v) is 8.61. The molecule has 1 aromatic rings. The second-order valence-corrected chi connectivity index (χ2v) is 5.13. The summed E-state index contributed by atoms with van der Waals surface area (Å²) in [6, 6.07) is 1.78. The van der Waals surface area contributed by atoms with Crippen LogP contribution < -0.4 is 4.72 Å². The maximum absolute atomic E-state index is 11.0. The molecule has 0 aromatic carbocycles. The van der Waals surface area contributed by atoms with Gasteiger partial charge in [0.2, 0.25) is 15.9 Å². The van der Waals surface area contributed by atoms with Crippen LogP contribution in [0.1, 0.15) is 5.56 Å². The van der Waals surface area contributed by atoms with Crippen molar-refractivity contribution in [1.29, 1.82) is 0 Å². The molecule has 1 rings (SSSR count). The minimum atomic E-state index is -3.42. The molecule has 0 fully saturated rings. The van der Waals surface area contributed by atoms with Gasteiger partial charge in [0.1, 0.15) is 0 Å². The Morgan fingerprint density at radius 3 is 2.77 bits per heavy atom. The molecule has 1 heterocycles. The van der Waals surface area contributed by atoms with E-state index >= 15 is 0 Å². The molecule has 1 amide bonds. The van der Waals surface area contributed by atoms with Crippen LogP contribution in [0, 0.1) is 0 Å². The molecule has 0 saturated carbocycles. The molecule has 0 unspecified atom stereocenters. The molecule has 1 N–H and O–H groups in total. The zero-order valence-electron chi connectivity index (χ0n) is 6.98. The van der Waals surface area contributed by atoms with Crippen molar-refractivity contribution < 1.29 is 13.2 Å². The highest BCUT2D eigenvalue weighted by molar-refractivity contribution is 7.89. The van der Waals surface area contributed by atoms with E-state index in [4.69, 9.17) is 0 Å². The second kappa shape index (κ2) is 3.89. The number of carbonyl (C=O) groups excluding carboxylic acids is 1. The SMILES string of the molecule is CS(=O)(=O)NC(=O)Cc1ccsc1. The first-order valence-electron chi connectivity index (χ1n) is 3.49. The van der Waals surface area contributed by atoms with Gasteiger partial charge in [0.25, 0.3) is 0 Å². The predicted octanol–water partition coefficient (Wildman–Crippen LogP) is 0.366. The highest BCUT2D eigenvalue weighted by atomic mass is 32.2. The summed E-state index contributed by atoms with van der Waals surface area (Å²) in [4.78, 5) is 11.0. The largest absolute Gasteiger partial charge is 0.274 e. The van der Waals surface area contributed by atoms with Crippen LogP contribution in [-0.2, 0) is 21.2 Å². The standard InChI is InChI=1S/C7H9NO3S2/c1-13(10,11)8-7(9)4-6-2-3-12-5-6/h2-3,5H,4H2,1H3,(H,8,9). The van der Waals surface area contributed by atoms with Gasteiger partial charge in [-0.2, -0.15) is 11.3 Å². The van der Waals surface area contributed by atoms with E-state index in [1.165, 1.54) is 11.3 Å². The van der Waals surface area contributed by atoms with Crippen LogP contribution in [-0.4, -0.2) is 20.6 Å². The number of nitrogens with one attached hydrogen (secondary N) is 1. The highest BCUT2D eigenvalue weighted by Crippen LogP contribution is 2.06. The Morgan fingerprint density at radius 2 is 2.31 bits per heavy atom. The van der Waals surface area contributed by atoms with Gasteiger partial charge >= 0.3 is 0 Å². The van der Waals surface area contributed by atoms with Gasteiger partial charge in [0.05, 0.1) is 12.7 Å². The molecular formula is C7H9NO3S2. The fraction of sp³-hybridized carbons (Fsp3) is 0.286. The van der Waals surface area contributed by atoms with Crippen LogP contribution >= 0.6 is 11.3 Å². The molecule has 4 nitrogen and oxygen atoms in total. The van der Waals surface area contributed by atoms with Crippen LogP contribution in [0.5, 0.6) is 0 Å². The van der Waals surface area contributed by atoms with E-state index in [2.05, 4.69) is 0 Å². The third-order valence-electron chi connectivity index (χ3n) is 1.24. The van der Waals surface area contributed by atoms with Crippen molar-refractivity contribution in [2.75, 3.05) is 6.26 Å². The summed E-state index contributed by atoms with van der Waals surface area (Å²) in [5.41, 5.74) is 0.825. The third kappa shape index (κ3) is 4.05. The minimum Gasteiger partial charge on any atom is -0.274 e. The second-order valence-electron chi connectivity index (χ2n) is 2.61. The average molecular weight is 219 g/mol. The first-order valence-corrected chi connectivity index (χ1v) is 6.32. The number of sulfonamides is 1. The maximum atomic E-state index is 11.0. The normalized spacial score (nSPS) is 11.2. The van der Waals surface area contributed by atoms with Gasteiger partial charge in [-0.1, -0.05) is 0 Å². The third-order valence-corrected chi connectivity index (χ3v) is 2.57. The van der Waals surface area contributed by atoms with Crippen LogP contribution in [0.4, 0.5) is 0 Å². The Bertz CT molecular complexity index is 380. The lowest BCUT2D eigenvalue weighted by Gasteiger charge is -1.99. The van der Waals surface area contributed by atoms with Gasteiger partial charge in [-0.25, -0.2) is 8.42 Å². The van der Waals surface area contributed by atoms with Gasteiger partial charge in [-0.05, 0) is 22.4 Å². The van der Waals surface area contributed by atoms with Crippen molar-refractivity contribution in [2.45, 2.75) is 6.42 Å². The number of hydrogen-bond acceptors (Lipinski definition) is 4. The molecule has 0 radical (unpaired) electrons. The summed E-state index contributed by atoms with van der Waals surface area (Å²) in [6.45, 7) is 0. The van der Waals surface area contributed by atoms with Crippen molar-refractivity contribution in [2.24, 2.45) is 0 Å². The molecular weight excluding hydrogens is 210 g/mol. The van der Waals surface area contributed by atoms with Gasteiger partial charge in [-0.15, -0.1) is 0 Å². The van der Waals surface area contributed by atoms with E-state index in [-0.39, 0.29) is 6.42 Å². The fourth-order valence-corrected chi connectivity index (χ4v) is 1.98. The molecule has 13 heavy (non-hydrogen) atoms. The first-order chi connectivity index (χ1) is 5.97. The molecule has 0 spiro atoms. The smallest absolute Gasteiger partial charge is 0.237 e. The van der Waals surface area contributed by atoms with E-state index in [0.29, 0.717) is 0 Å². The van der Waals surface area contributed by atoms with Gasteiger partial charge in [0.15, 0.2) is 0 Å². The van der Waals surface area contributed by atoms with Gasteiger partial charge < -0.3 is 0 Å². The summed E-state index contributed by atoms with van der Waals surface area (Å²) >= 11 is 1.47. The Kier molecular flexibility index (Phi) is 3.05. The molecule has 0 saturated heterocycles. The van der Waals surface area contributed by atoms with Gasteiger partial charge in [0, 0.05) is 0 Å². The number of rotatable bonds is 3. The highest BCUT2D eigenvalue weighted by Gasteiger charge is 2.08. The average Bonchev–Trinajstić information content (AvgIpc) is 2.34. The summed E-state index contributed by atoms with van der Waals surface area (Å²) in [6.07, 6.45) is 1.06. The van der Waals surface area contributed by atoms with Crippen molar-refractivity contribution >= 4 is 27.3 Å². The lowest BCUT2D eigenvalue weighted by molar-refractivity contribution is -0.118. The number of hydrogen-bond donors (Lipinski definition) is 1. The number of thiophene rings is 1. The topological polar surface area (TPSA) is 63.2 Å². The fourth-order valence-electron chi connectivity index (χ4n) is 0.821. The molecule has 0 atom stereocenters. The van der Waals surface area contributed by atoms with Gasteiger partial charge in [-0.3, -0.25) is 9.52 Å². The van der Waals surface area contributed by atoms with Crippen LogP contribution in [0.2, 0.25) is 0 Å². The Labute approximate surface area is 80.6 Å². The molecule has 0 aliphatic carbocycles. The Morgan fingerprint density at radius 1 is 1.62 bits per heavy atom. The Balaban J connectivity index is 2.53. The van der Waals surface area contributed by atoms with Crippen LogP contribution in [0.3, 0.4) is 0 Å². The lowest BCUT2D eigenvalue weighted by atomic mass is 10.2. The van der Waals surface area contributed by atoms with E-state index in [9.17, 15) is 13.2 Å². The van der Waals surface area contributed by atoms with Crippen molar-refractivity contribution in [3.05, 3.63) is 22.4 Å². The summed E-state index contributed by atoms with van der Waals surface area (Å²) in [7, 11) is -3.42. The van der Waals surface area contributed by atoms with Crippen LogP contribution in [0.25, 0.3) is 0 Å². The van der Waals surface area contributed by atoms with Crippen LogP contribution in [0.15, 0.2) is 16.8 Å². The van der Waals surface area contributed by atoms with E-state index < -0.39 is 15.9 Å². The monoisotopic (exact) mass is 219 g/mol. The number of amides is 1. The quantitative estimate of drug-likeness (QED) is 0.798. The molecule has 1 aromatic heterocycles. The number of carbonyl (C=O) groups is 1. The summed E-state index contributed by atoms with van der Waals surface area (Å²) < 4.78 is 23.2. The summed E-state index contributed by atoms with van der Waals surface area (Å²) in [5, 5.41) is 3.64. The molecule has 72 valence electrons. The summed E-state index contributed by atoms with van der Waals surface area (Å²) in [5.74, 6) is -0.499. The zero-order chi connectivity index (χ0) is 9.90. The Hall–Kier alpha value is -0.880. The molecule has 6 heteroatoms. The van der Waals surface area contributed by atoms with E-state index in [0.717, 1.165) is 11.8 Å². The first kappa shape index (κ1) is 10.2. The maximum Gasteiger partial charge on any atom is 0.237 e. The van der Waals surface area contributed by atoms with E-state index in [1.54, 1.807) is 6.07 Å². The molecule has 0 bridgehead atoms. The molecule has 0 aliphatic heterocycles. The van der Waals surface area contributed by atoms with Crippen molar-refractivity contribution in [3.8, 4) is 0 Å². The minimum absolute atomic E-state index is 0.108. The van der Waals surface area contributed by atoms with E-state index in [1.807, 2.05) is 15.5 Å². The molecule has 0 aliphatic rings. The van der Waals surface area contributed by atoms with Crippen molar-refractivity contribution in [1.82, 2.24) is 4.72 Å². The predicted molar refractivity (Wildman–Crippen MR) is 51.0 cm³/mol. The lowest BCUT2D eigenvalue weighted by Crippen LogP contribution is -2.30.